The number of carboxylic acid groups (broad SMARTS) is 1. The van der Waals surface area contributed by atoms with Crippen LogP contribution in [0.5, 0.6) is 11.5 Å². The lowest BCUT2D eigenvalue weighted by atomic mass is 9.73. The summed E-state index contributed by atoms with van der Waals surface area (Å²) in [5, 5.41) is 14.6. The van der Waals surface area contributed by atoms with E-state index in [9.17, 15) is 9.90 Å². The molecule has 6 rings (SSSR count). The molecule has 0 spiro atoms. The molecule has 0 bridgehead atoms. The molecule has 2 fully saturated rings. The Balaban J connectivity index is 1.20. The largest absolute Gasteiger partial charge is 0.465 e. The number of anilines is 1. The van der Waals surface area contributed by atoms with Gasteiger partial charge in [-0.05, 0) is 48.2 Å². The van der Waals surface area contributed by atoms with E-state index in [1.54, 1.807) is 4.68 Å². The summed E-state index contributed by atoms with van der Waals surface area (Å²) in [6.45, 7) is 7.01. The van der Waals surface area contributed by atoms with Crippen molar-refractivity contribution in [3.63, 3.8) is 0 Å². The number of alkyl halides is 1. The minimum absolute atomic E-state index is 0.123. The Morgan fingerprint density at radius 3 is 2.46 bits per heavy atom. The highest BCUT2D eigenvalue weighted by Gasteiger charge is 2.43. The number of carbonyl (C=O) groups is 1. The van der Waals surface area contributed by atoms with Gasteiger partial charge in [0.05, 0.1) is 11.4 Å². The lowest BCUT2D eigenvalue weighted by Crippen LogP contribution is -2.58. The summed E-state index contributed by atoms with van der Waals surface area (Å²) >= 11 is 0. The first-order chi connectivity index (χ1) is 19.7. The van der Waals surface area contributed by atoms with Gasteiger partial charge in [-0.1, -0.05) is 32.0 Å². The Bertz CT molecular complexity index is 1540. The van der Waals surface area contributed by atoms with Crippen molar-refractivity contribution in [1.82, 2.24) is 29.5 Å². The molecular weight excluding hydrogens is 525 g/mol. The third-order valence-corrected chi connectivity index (χ3v) is 8.42. The predicted octanol–water partition coefficient (Wildman–Crippen LogP) is 5.09. The second-order valence-corrected chi connectivity index (χ2v) is 11.7. The first-order valence-electron chi connectivity index (χ1n) is 13.9. The van der Waals surface area contributed by atoms with E-state index in [1.165, 1.54) is 11.2 Å². The van der Waals surface area contributed by atoms with Crippen LogP contribution < -0.4 is 10.5 Å². The van der Waals surface area contributed by atoms with Crippen molar-refractivity contribution in [3.8, 4) is 22.8 Å². The minimum Gasteiger partial charge on any atom is -0.465 e. The van der Waals surface area contributed by atoms with Gasteiger partial charge in [0.25, 0.3) is 0 Å². The molecule has 10 nitrogen and oxygen atoms in total. The van der Waals surface area contributed by atoms with Gasteiger partial charge in [0.15, 0.2) is 5.65 Å². The Morgan fingerprint density at radius 1 is 1.07 bits per heavy atom. The maximum absolute atomic E-state index is 15.8. The maximum atomic E-state index is 15.8. The van der Waals surface area contributed by atoms with Gasteiger partial charge in [-0.2, -0.15) is 5.10 Å². The van der Waals surface area contributed by atoms with Gasteiger partial charge in [-0.25, -0.2) is 23.8 Å². The summed E-state index contributed by atoms with van der Waals surface area (Å²) in [6.07, 6.45) is -0.0910. The SMILES string of the molecule is CC(C)(CN1CC[C@H](n2nc(-c3ccc(Oc4ccccc4)cc3)c3c(N)ncnc32)[C@H](F)C1)C1CN(C(=O)O)C1. The van der Waals surface area contributed by atoms with Crippen LogP contribution in [0.1, 0.15) is 26.3 Å². The number of para-hydroxylation sites is 1. The lowest BCUT2D eigenvalue weighted by Gasteiger charge is -2.49. The fraction of sp³-hybridized carbons (Fsp3) is 0.400. The van der Waals surface area contributed by atoms with Crippen molar-refractivity contribution in [2.24, 2.45) is 11.3 Å². The third kappa shape index (κ3) is 5.29. The molecule has 0 unspecified atom stereocenters. The van der Waals surface area contributed by atoms with Crippen LogP contribution in [0.15, 0.2) is 60.9 Å². The molecule has 4 heterocycles. The number of benzene rings is 2. The summed E-state index contributed by atoms with van der Waals surface area (Å²) < 4.78 is 23.4. The third-order valence-electron chi connectivity index (χ3n) is 8.42. The van der Waals surface area contributed by atoms with Crippen LogP contribution in [0, 0.1) is 11.3 Å². The molecule has 2 saturated heterocycles. The number of amides is 1. The zero-order valence-corrected chi connectivity index (χ0v) is 23.2. The number of hydrogen-bond acceptors (Lipinski definition) is 7. The van der Waals surface area contributed by atoms with E-state index in [4.69, 9.17) is 15.6 Å². The summed E-state index contributed by atoms with van der Waals surface area (Å²) in [5.74, 6) is 1.98. The number of hydrogen-bond donors (Lipinski definition) is 2. The van der Waals surface area contributed by atoms with Crippen LogP contribution in [0.3, 0.4) is 0 Å². The Hall–Kier alpha value is -4.25. The highest BCUT2D eigenvalue weighted by molar-refractivity contribution is 5.98. The maximum Gasteiger partial charge on any atom is 0.407 e. The number of fused-ring (bicyclic) bond motifs is 1. The van der Waals surface area contributed by atoms with Crippen molar-refractivity contribution < 1.29 is 19.0 Å². The summed E-state index contributed by atoms with van der Waals surface area (Å²) in [6, 6.07) is 16.6. The molecule has 2 aliphatic heterocycles. The number of piperidine rings is 1. The van der Waals surface area contributed by atoms with Gasteiger partial charge in [-0.3, -0.25) is 4.90 Å². The van der Waals surface area contributed by atoms with Gasteiger partial charge in [0, 0.05) is 44.2 Å². The summed E-state index contributed by atoms with van der Waals surface area (Å²) in [5.41, 5.74) is 8.10. The number of nitrogens with zero attached hydrogens (tertiary/aromatic N) is 6. The molecule has 41 heavy (non-hydrogen) atoms. The molecule has 0 radical (unpaired) electrons. The topological polar surface area (TPSA) is 123 Å². The van der Waals surface area contributed by atoms with E-state index in [0.717, 1.165) is 11.3 Å². The van der Waals surface area contributed by atoms with Gasteiger partial charge in [-0.15, -0.1) is 0 Å². The molecule has 4 aromatic rings. The van der Waals surface area contributed by atoms with Crippen molar-refractivity contribution >= 4 is 22.9 Å². The van der Waals surface area contributed by atoms with Gasteiger partial charge in [0.2, 0.25) is 0 Å². The van der Waals surface area contributed by atoms with Crippen LogP contribution in [0.25, 0.3) is 22.3 Å². The van der Waals surface area contributed by atoms with Crippen molar-refractivity contribution in [2.75, 3.05) is 38.5 Å². The molecule has 0 saturated carbocycles. The van der Waals surface area contributed by atoms with E-state index in [1.807, 2.05) is 54.6 Å². The molecule has 214 valence electrons. The Morgan fingerprint density at radius 2 is 1.78 bits per heavy atom. The molecule has 2 atom stereocenters. The van der Waals surface area contributed by atoms with E-state index in [2.05, 4.69) is 28.7 Å². The van der Waals surface area contributed by atoms with Gasteiger partial charge >= 0.3 is 6.09 Å². The average Bonchev–Trinajstić information content (AvgIpc) is 3.29. The molecule has 2 aromatic carbocycles. The van der Waals surface area contributed by atoms with Crippen molar-refractivity contribution in [2.45, 2.75) is 32.5 Å². The number of aromatic nitrogens is 4. The van der Waals surface area contributed by atoms with Crippen LogP contribution in [0.2, 0.25) is 0 Å². The average molecular weight is 560 g/mol. The van der Waals surface area contributed by atoms with E-state index in [0.29, 0.717) is 60.9 Å². The van der Waals surface area contributed by atoms with E-state index >= 15 is 4.39 Å². The predicted molar refractivity (Wildman–Crippen MR) is 154 cm³/mol. The molecule has 11 heteroatoms. The standard InChI is InChI=1S/C30H34FN7O3/c1-30(2,20-14-37(15-20)29(39)40)17-36-13-12-24(23(31)16-36)38-28-25(27(32)33-18-34-28)26(35-38)19-8-10-22(11-9-19)41-21-6-4-3-5-7-21/h3-11,18,20,23-24H,12-17H2,1-2H3,(H,39,40)(H2,32,33,34)/t23-,24+/m1/s1. The second kappa shape index (κ2) is 10.6. The van der Waals surface area contributed by atoms with E-state index < -0.39 is 18.3 Å². The zero-order chi connectivity index (χ0) is 28.7. The second-order valence-electron chi connectivity index (χ2n) is 11.7. The first-order valence-corrected chi connectivity index (χ1v) is 13.9. The number of ether oxygens (including phenoxy) is 1. The summed E-state index contributed by atoms with van der Waals surface area (Å²) in [7, 11) is 0. The van der Waals surface area contributed by atoms with Gasteiger partial charge in [0.1, 0.15) is 35.5 Å². The fourth-order valence-corrected chi connectivity index (χ4v) is 5.94. The molecular formula is C30H34FN7O3. The number of nitrogen functional groups attached to an aromatic ring is 1. The molecule has 3 N–H and O–H groups in total. The number of halogens is 1. The van der Waals surface area contributed by atoms with E-state index in [-0.39, 0.29) is 17.9 Å². The van der Waals surface area contributed by atoms with Crippen LogP contribution >= 0.6 is 0 Å². The molecule has 2 aliphatic rings. The smallest absolute Gasteiger partial charge is 0.407 e. The zero-order valence-electron chi connectivity index (χ0n) is 23.2. The Kier molecular flexibility index (Phi) is 6.98. The quantitative estimate of drug-likeness (QED) is 0.321. The number of rotatable bonds is 7. The van der Waals surface area contributed by atoms with Crippen molar-refractivity contribution in [3.05, 3.63) is 60.9 Å². The molecule has 2 aromatic heterocycles. The fourth-order valence-electron chi connectivity index (χ4n) is 5.94. The minimum atomic E-state index is -1.16. The van der Waals surface area contributed by atoms with Crippen molar-refractivity contribution in [1.29, 1.82) is 0 Å². The monoisotopic (exact) mass is 559 g/mol. The lowest BCUT2D eigenvalue weighted by molar-refractivity contribution is -0.0112. The summed E-state index contributed by atoms with van der Waals surface area (Å²) in [4.78, 5) is 23.4. The normalized spacial score (nSPS) is 20.2. The van der Waals surface area contributed by atoms with Crippen LogP contribution in [-0.2, 0) is 0 Å². The van der Waals surface area contributed by atoms with Crippen LogP contribution in [-0.4, -0.2) is 79.6 Å². The number of likely N-dealkylation sites (tertiary alicyclic amines) is 2. The van der Waals surface area contributed by atoms with Crippen LogP contribution in [0.4, 0.5) is 15.0 Å². The highest BCUT2D eigenvalue weighted by Crippen LogP contribution is 2.39. The number of nitrogens with two attached hydrogens (primary N) is 1. The molecule has 1 amide bonds. The highest BCUT2D eigenvalue weighted by atomic mass is 19.1. The Labute approximate surface area is 237 Å². The first kappa shape index (κ1) is 26.9. The molecule has 0 aliphatic carbocycles. The van der Waals surface area contributed by atoms with Gasteiger partial charge < -0.3 is 20.5 Å².